The van der Waals surface area contributed by atoms with Crippen molar-refractivity contribution in [1.82, 2.24) is 5.32 Å². The van der Waals surface area contributed by atoms with Crippen LogP contribution in [0, 0.1) is 0 Å². The fourth-order valence-electron chi connectivity index (χ4n) is 3.22. The minimum Gasteiger partial charge on any atom is -0.493 e. The van der Waals surface area contributed by atoms with Crippen molar-refractivity contribution in [2.45, 2.75) is 26.2 Å². The van der Waals surface area contributed by atoms with Crippen molar-refractivity contribution in [2.75, 3.05) is 13.2 Å². The van der Waals surface area contributed by atoms with Gasteiger partial charge in [-0.3, -0.25) is 4.79 Å². The number of carbonyl (C=O) groups excluding carboxylic acids is 1. The Labute approximate surface area is 196 Å². The Morgan fingerprint density at radius 3 is 2.25 bits per heavy atom. The van der Waals surface area contributed by atoms with Crippen LogP contribution in [0.2, 0.25) is 0 Å². The molecule has 0 spiro atoms. The first-order valence-corrected chi connectivity index (χ1v) is 11.4. The molecule has 5 nitrogen and oxygen atoms in total. The van der Waals surface area contributed by atoms with Crippen molar-refractivity contribution in [3.05, 3.63) is 87.9 Å². The molecule has 0 saturated heterocycles. The summed E-state index contributed by atoms with van der Waals surface area (Å²) < 4.78 is 6.61. The first-order chi connectivity index (χ1) is 15.5. The predicted octanol–water partition coefficient (Wildman–Crippen LogP) is 5.97. The summed E-state index contributed by atoms with van der Waals surface area (Å²) in [4.78, 5) is 23.7. The van der Waals surface area contributed by atoms with Gasteiger partial charge in [0.05, 0.1) is 17.7 Å². The van der Waals surface area contributed by atoms with E-state index >= 15 is 0 Å². The van der Waals surface area contributed by atoms with Gasteiger partial charge in [-0.2, -0.15) is 0 Å². The lowest BCUT2D eigenvalue weighted by Crippen LogP contribution is -2.26. The van der Waals surface area contributed by atoms with Gasteiger partial charge in [0.15, 0.2) is 0 Å². The lowest BCUT2D eigenvalue weighted by molar-refractivity contribution is 0.0696. The number of nitrogens with one attached hydrogen (secondary N) is 1. The number of aromatic carboxylic acids is 1. The molecular weight excluding hydrogens is 470 g/mol. The fourth-order valence-corrected chi connectivity index (χ4v) is 3.58. The zero-order valence-corrected chi connectivity index (χ0v) is 19.5. The van der Waals surface area contributed by atoms with E-state index in [0.717, 1.165) is 34.0 Å². The van der Waals surface area contributed by atoms with E-state index in [1.165, 1.54) is 0 Å². The van der Waals surface area contributed by atoms with Crippen LogP contribution in [-0.4, -0.2) is 30.1 Å². The third-order valence-corrected chi connectivity index (χ3v) is 5.55. The van der Waals surface area contributed by atoms with Crippen molar-refractivity contribution in [3.8, 4) is 16.9 Å². The molecular formula is C26H26BrNO4. The van der Waals surface area contributed by atoms with E-state index in [1.54, 1.807) is 30.3 Å². The van der Waals surface area contributed by atoms with Crippen LogP contribution >= 0.6 is 15.9 Å². The summed E-state index contributed by atoms with van der Waals surface area (Å²) in [5.74, 6) is -0.498. The molecule has 3 rings (SSSR count). The van der Waals surface area contributed by atoms with Gasteiger partial charge in [0.25, 0.3) is 5.91 Å². The van der Waals surface area contributed by atoms with Crippen LogP contribution in [0.3, 0.4) is 0 Å². The van der Waals surface area contributed by atoms with Crippen LogP contribution in [0.15, 0.2) is 71.2 Å². The molecule has 0 saturated carbocycles. The van der Waals surface area contributed by atoms with Crippen molar-refractivity contribution < 1.29 is 19.4 Å². The van der Waals surface area contributed by atoms with Gasteiger partial charge in [-0.05, 0) is 59.9 Å². The third kappa shape index (κ3) is 6.44. The van der Waals surface area contributed by atoms with Gasteiger partial charge < -0.3 is 15.2 Å². The maximum Gasteiger partial charge on any atom is 0.335 e. The normalized spacial score (nSPS) is 10.6. The van der Waals surface area contributed by atoms with E-state index in [9.17, 15) is 9.59 Å². The molecule has 0 aliphatic rings. The molecule has 0 heterocycles. The Morgan fingerprint density at radius 1 is 0.969 bits per heavy atom. The van der Waals surface area contributed by atoms with Crippen molar-refractivity contribution in [3.63, 3.8) is 0 Å². The molecule has 3 aromatic rings. The van der Waals surface area contributed by atoms with Gasteiger partial charge in [0.1, 0.15) is 5.75 Å². The van der Waals surface area contributed by atoms with E-state index in [1.807, 2.05) is 36.4 Å². The molecule has 1 amide bonds. The first-order valence-electron chi connectivity index (χ1n) is 10.6. The molecule has 0 fully saturated rings. The fraction of sp³-hybridized carbons (Fsp3) is 0.231. The molecule has 0 unspecified atom stereocenters. The molecule has 2 N–H and O–H groups in total. The standard InChI is InChI=1S/C26H26BrNO4/c1-2-3-16-32-24-13-12-22(27)17-23(24)25(29)28-15-14-18-4-6-19(7-5-18)20-8-10-21(11-9-20)26(30)31/h4-13,17H,2-3,14-16H2,1H3,(H,28,29)(H,30,31). The number of hydrogen-bond donors (Lipinski definition) is 2. The maximum atomic E-state index is 12.7. The number of unbranched alkanes of at least 4 members (excludes halogenated alkanes) is 1. The highest BCUT2D eigenvalue weighted by Crippen LogP contribution is 2.24. The summed E-state index contributed by atoms with van der Waals surface area (Å²) in [7, 11) is 0. The predicted molar refractivity (Wildman–Crippen MR) is 129 cm³/mol. The highest BCUT2D eigenvalue weighted by atomic mass is 79.9. The Morgan fingerprint density at radius 2 is 1.62 bits per heavy atom. The van der Waals surface area contributed by atoms with Gasteiger partial charge in [-0.15, -0.1) is 0 Å². The number of halogens is 1. The summed E-state index contributed by atoms with van der Waals surface area (Å²) in [6.45, 7) is 3.19. The van der Waals surface area contributed by atoms with E-state index < -0.39 is 5.97 Å². The van der Waals surface area contributed by atoms with Gasteiger partial charge >= 0.3 is 5.97 Å². The first kappa shape index (κ1) is 23.5. The minimum atomic E-state index is -0.934. The molecule has 0 radical (unpaired) electrons. The number of carbonyl (C=O) groups is 2. The maximum absolute atomic E-state index is 12.7. The quantitative estimate of drug-likeness (QED) is 0.340. The molecule has 32 heavy (non-hydrogen) atoms. The Kier molecular flexibility index (Phi) is 8.45. The SMILES string of the molecule is CCCCOc1ccc(Br)cc1C(=O)NCCc1ccc(-c2ccc(C(=O)O)cc2)cc1. The minimum absolute atomic E-state index is 0.159. The second-order valence-electron chi connectivity index (χ2n) is 7.43. The number of ether oxygens (including phenoxy) is 1. The second kappa shape index (κ2) is 11.5. The number of hydrogen-bond acceptors (Lipinski definition) is 3. The Balaban J connectivity index is 1.57. The van der Waals surface area contributed by atoms with Crippen molar-refractivity contribution in [2.24, 2.45) is 0 Å². The van der Waals surface area contributed by atoms with E-state index in [0.29, 0.717) is 30.9 Å². The van der Waals surface area contributed by atoms with Gasteiger partial charge in [0.2, 0.25) is 0 Å². The second-order valence-corrected chi connectivity index (χ2v) is 8.34. The molecule has 0 aliphatic heterocycles. The van der Waals surface area contributed by atoms with Gasteiger partial charge in [-0.1, -0.05) is 65.7 Å². The highest BCUT2D eigenvalue weighted by molar-refractivity contribution is 9.10. The largest absolute Gasteiger partial charge is 0.493 e. The molecule has 0 atom stereocenters. The van der Waals surface area contributed by atoms with Crippen LogP contribution in [0.5, 0.6) is 5.75 Å². The molecule has 6 heteroatoms. The molecule has 0 aliphatic carbocycles. The Hall–Kier alpha value is -3.12. The monoisotopic (exact) mass is 495 g/mol. The van der Waals surface area contributed by atoms with Crippen LogP contribution in [0.25, 0.3) is 11.1 Å². The van der Waals surface area contributed by atoms with E-state index in [4.69, 9.17) is 9.84 Å². The zero-order chi connectivity index (χ0) is 22.9. The van der Waals surface area contributed by atoms with E-state index in [-0.39, 0.29) is 11.5 Å². The molecule has 3 aromatic carbocycles. The number of amides is 1. The van der Waals surface area contributed by atoms with Crippen LogP contribution in [0.4, 0.5) is 0 Å². The van der Waals surface area contributed by atoms with Crippen molar-refractivity contribution in [1.29, 1.82) is 0 Å². The van der Waals surface area contributed by atoms with Gasteiger partial charge in [-0.25, -0.2) is 4.79 Å². The molecule has 166 valence electrons. The Bertz CT molecular complexity index is 1060. The number of benzene rings is 3. The number of rotatable bonds is 10. The van der Waals surface area contributed by atoms with Crippen molar-refractivity contribution >= 4 is 27.8 Å². The summed E-state index contributed by atoms with van der Waals surface area (Å²) >= 11 is 3.42. The summed E-state index contributed by atoms with van der Waals surface area (Å²) in [5, 5.41) is 12.0. The topological polar surface area (TPSA) is 75.6 Å². The van der Waals surface area contributed by atoms with Crippen LogP contribution in [0.1, 0.15) is 46.0 Å². The lowest BCUT2D eigenvalue weighted by Gasteiger charge is -2.12. The van der Waals surface area contributed by atoms with E-state index in [2.05, 4.69) is 28.2 Å². The molecule has 0 aromatic heterocycles. The third-order valence-electron chi connectivity index (χ3n) is 5.06. The number of carboxylic acid groups (broad SMARTS) is 1. The molecule has 0 bridgehead atoms. The highest BCUT2D eigenvalue weighted by Gasteiger charge is 2.13. The summed E-state index contributed by atoms with van der Waals surface area (Å²) in [5.41, 5.74) is 3.86. The number of carboxylic acids is 1. The zero-order valence-electron chi connectivity index (χ0n) is 17.9. The van der Waals surface area contributed by atoms with Gasteiger partial charge in [0, 0.05) is 11.0 Å². The van der Waals surface area contributed by atoms with Crippen LogP contribution in [-0.2, 0) is 6.42 Å². The lowest BCUT2D eigenvalue weighted by atomic mass is 10.0. The van der Waals surface area contributed by atoms with Crippen LogP contribution < -0.4 is 10.1 Å². The average Bonchev–Trinajstić information content (AvgIpc) is 2.80. The average molecular weight is 496 g/mol. The smallest absolute Gasteiger partial charge is 0.335 e. The summed E-state index contributed by atoms with van der Waals surface area (Å²) in [6.07, 6.45) is 2.67. The summed E-state index contributed by atoms with van der Waals surface area (Å²) in [6, 6.07) is 20.3.